The number of H-pyrrole nitrogens is 1. The maximum absolute atomic E-state index is 12.0. The highest BCUT2D eigenvalue weighted by Crippen LogP contribution is 2.24. The number of thiophene rings is 1. The molecule has 0 fully saturated rings. The number of aryl methyl sites for hydroxylation is 2. The molecule has 0 aromatic carbocycles. The number of nitrogens with zero attached hydrogens (tertiary/aromatic N) is 3. The number of aromatic amines is 1. The Morgan fingerprint density at radius 2 is 2.32 bits per heavy atom. The van der Waals surface area contributed by atoms with Crippen LogP contribution >= 0.6 is 11.3 Å². The average molecular weight is 279 g/mol. The first-order valence-corrected chi connectivity index (χ1v) is 7.18. The van der Waals surface area contributed by atoms with Crippen molar-refractivity contribution in [1.82, 2.24) is 25.9 Å². The predicted molar refractivity (Wildman–Crippen MR) is 73.0 cm³/mol. The van der Waals surface area contributed by atoms with Crippen LogP contribution in [0.4, 0.5) is 0 Å². The van der Waals surface area contributed by atoms with Crippen molar-refractivity contribution in [3.8, 4) is 0 Å². The summed E-state index contributed by atoms with van der Waals surface area (Å²) < 4.78 is 0. The summed E-state index contributed by atoms with van der Waals surface area (Å²) in [6, 6.07) is 1.99. The molecular formula is C12H17N5OS. The number of amides is 1. The first-order chi connectivity index (χ1) is 9.24. The second-order valence-corrected chi connectivity index (χ2v) is 5.31. The molecule has 0 aliphatic heterocycles. The average Bonchev–Trinajstić information content (AvgIpc) is 3.05. The minimum absolute atomic E-state index is 0.0770. The van der Waals surface area contributed by atoms with E-state index in [2.05, 4.69) is 39.8 Å². The molecule has 0 saturated carbocycles. The predicted octanol–water partition coefficient (Wildman–Crippen LogP) is 1.71. The van der Waals surface area contributed by atoms with E-state index in [1.54, 1.807) is 11.3 Å². The molecule has 0 saturated heterocycles. The van der Waals surface area contributed by atoms with E-state index in [1.807, 2.05) is 6.07 Å². The molecule has 7 heteroatoms. The molecule has 0 bridgehead atoms. The minimum Gasteiger partial charge on any atom is -0.344 e. The van der Waals surface area contributed by atoms with Crippen LogP contribution in [-0.2, 0) is 19.4 Å². The molecule has 2 rings (SSSR count). The van der Waals surface area contributed by atoms with Gasteiger partial charge in [0, 0.05) is 4.88 Å². The van der Waals surface area contributed by atoms with Crippen LogP contribution in [0.1, 0.15) is 46.2 Å². The first kappa shape index (κ1) is 13.7. The molecule has 2 aromatic heterocycles. The van der Waals surface area contributed by atoms with E-state index in [-0.39, 0.29) is 12.5 Å². The standard InChI is InChI=1S/C12H17N5OS/c1-3-5-9-8(4-2)6-10(19-9)12(18)13-7-11-14-16-17-15-11/h6H,3-5,7H2,1-2H3,(H,13,18)(H,14,15,16,17). The van der Waals surface area contributed by atoms with Crippen molar-refractivity contribution in [2.75, 3.05) is 0 Å². The topological polar surface area (TPSA) is 83.6 Å². The number of hydrogen-bond donors (Lipinski definition) is 2. The molecule has 2 N–H and O–H groups in total. The lowest BCUT2D eigenvalue weighted by molar-refractivity contribution is 0.0954. The molecule has 102 valence electrons. The lowest BCUT2D eigenvalue weighted by Gasteiger charge is -1.98. The van der Waals surface area contributed by atoms with Gasteiger partial charge in [-0.3, -0.25) is 4.79 Å². The Balaban J connectivity index is 2.02. The number of carbonyl (C=O) groups excluding carboxylic acids is 1. The van der Waals surface area contributed by atoms with Gasteiger partial charge in [-0.15, -0.1) is 21.5 Å². The number of tetrazole rings is 1. The molecule has 0 unspecified atom stereocenters. The van der Waals surface area contributed by atoms with Gasteiger partial charge in [0.2, 0.25) is 0 Å². The lowest BCUT2D eigenvalue weighted by atomic mass is 10.1. The van der Waals surface area contributed by atoms with Crippen molar-refractivity contribution in [3.05, 3.63) is 27.2 Å². The number of nitrogens with one attached hydrogen (secondary N) is 2. The summed E-state index contributed by atoms with van der Waals surface area (Å²) in [5.41, 5.74) is 1.27. The fourth-order valence-corrected chi connectivity index (χ4v) is 3.09. The maximum atomic E-state index is 12.0. The number of carbonyl (C=O) groups is 1. The third-order valence-electron chi connectivity index (χ3n) is 2.77. The van der Waals surface area contributed by atoms with Crippen LogP contribution in [0.3, 0.4) is 0 Å². The van der Waals surface area contributed by atoms with E-state index < -0.39 is 0 Å². The van der Waals surface area contributed by atoms with Crippen LogP contribution in [0.15, 0.2) is 6.07 Å². The molecule has 0 spiro atoms. The van der Waals surface area contributed by atoms with Gasteiger partial charge in [-0.1, -0.05) is 25.5 Å². The summed E-state index contributed by atoms with van der Waals surface area (Å²) in [5.74, 6) is 0.404. The molecule has 6 nitrogen and oxygen atoms in total. The smallest absolute Gasteiger partial charge is 0.261 e. The zero-order valence-corrected chi connectivity index (χ0v) is 11.9. The van der Waals surface area contributed by atoms with Gasteiger partial charge >= 0.3 is 0 Å². The Kier molecular flexibility index (Phi) is 4.62. The summed E-state index contributed by atoms with van der Waals surface area (Å²) in [6.07, 6.45) is 3.09. The van der Waals surface area contributed by atoms with Crippen LogP contribution in [0.2, 0.25) is 0 Å². The Hall–Kier alpha value is -1.76. The Labute approximate surface area is 115 Å². The van der Waals surface area contributed by atoms with Crippen LogP contribution in [0, 0.1) is 0 Å². The molecule has 2 aromatic rings. The van der Waals surface area contributed by atoms with E-state index in [0.717, 1.165) is 24.1 Å². The Morgan fingerprint density at radius 1 is 1.47 bits per heavy atom. The molecule has 1 amide bonds. The zero-order valence-electron chi connectivity index (χ0n) is 11.1. The largest absolute Gasteiger partial charge is 0.344 e. The van der Waals surface area contributed by atoms with Crippen molar-refractivity contribution in [2.45, 2.75) is 39.7 Å². The van der Waals surface area contributed by atoms with E-state index in [9.17, 15) is 4.79 Å². The van der Waals surface area contributed by atoms with E-state index in [4.69, 9.17) is 0 Å². The summed E-state index contributed by atoms with van der Waals surface area (Å²) in [4.78, 5) is 14.1. The normalized spacial score (nSPS) is 10.6. The van der Waals surface area contributed by atoms with Gasteiger partial charge in [0.15, 0.2) is 5.82 Å². The van der Waals surface area contributed by atoms with Crippen LogP contribution in [0.25, 0.3) is 0 Å². The van der Waals surface area contributed by atoms with Crippen molar-refractivity contribution in [2.24, 2.45) is 0 Å². The van der Waals surface area contributed by atoms with Crippen LogP contribution in [0.5, 0.6) is 0 Å². The highest BCUT2D eigenvalue weighted by molar-refractivity contribution is 7.14. The van der Waals surface area contributed by atoms with Gasteiger partial charge in [-0.25, -0.2) is 0 Å². The molecular weight excluding hydrogens is 262 g/mol. The van der Waals surface area contributed by atoms with Gasteiger partial charge in [0.25, 0.3) is 5.91 Å². The third kappa shape index (κ3) is 3.37. The first-order valence-electron chi connectivity index (χ1n) is 6.36. The molecule has 19 heavy (non-hydrogen) atoms. The molecule has 2 heterocycles. The molecule has 0 atom stereocenters. The molecule has 0 radical (unpaired) electrons. The Morgan fingerprint density at radius 3 is 2.95 bits per heavy atom. The van der Waals surface area contributed by atoms with Gasteiger partial charge in [-0.05, 0) is 24.5 Å². The van der Waals surface area contributed by atoms with Crippen LogP contribution < -0.4 is 5.32 Å². The second kappa shape index (κ2) is 6.42. The Bertz CT molecular complexity index is 534. The molecule has 0 aliphatic carbocycles. The number of aromatic nitrogens is 4. The monoisotopic (exact) mass is 279 g/mol. The van der Waals surface area contributed by atoms with Gasteiger partial charge in [0.1, 0.15) is 0 Å². The van der Waals surface area contributed by atoms with Crippen molar-refractivity contribution < 1.29 is 4.79 Å². The van der Waals surface area contributed by atoms with Crippen molar-refractivity contribution in [3.63, 3.8) is 0 Å². The fourth-order valence-electron chi connectivity index (χ4n) is 1.82. The highest BCUT2D eigenvalue weighted by Gasteiger charge is 2.13. The minimum atomic E-state index is -0.0770. The summed E-state index contributed by atoms with van der Waals surface area (Å²) in [7, 11) is 0. The third-order valence-corrected chi connectivity index (χ3v) is 4.01. The van der Waals surface area contributed by atoms with E-state index in [0.29, 0.717) is 5.82 Å². The number of hydrogen-bond acceptors (Lipinski definition) is 5. The number of rotatable bonds is 6. The van der Waals surface area contributed by atoms with Gasteiger partial charge in [-0.2, -0.15) is 5.21 Å². The summed E-state index contributed by atoms with van der Waals surface area (Å²) in [6.45, 7) is 4.55. The second-order valence-electron chi connectivity index (χ2n) is 4.17. The van der Waals surface area contributed by atoms with Gasteiger partial charge < -0.3 is 5.32 Å². The van der Waals surface area contributed by atoms with Crippen molar-refractivity contribution >= 4 is 17.2 Å². The highest BCUT2D eigenvalue weighted by atomic mass is 32.1. The summed E-state index contributed by atoms with van der Waals surface area (Å²) in [5, 5.41) is 16.2. The van der Waals surface area contributed by atoms with Gasteiger partial charge in [0.05, 0.1) is 11.4 Å². The zero-order chi connectivity index (χ0) is 13.7. The maximum Gasteiger partial charge on any atom is 0.261 e. The molecule has 0 aliphatic rings. The quantitative estimate of drug-likeness (QED) is 0.843. The van der Waals surface area contributed by atoms with E-state index in [1.165, 1.54) is 10.4 Å². The fraction of sp³-hybridized carbons (Fsp3) is 0.500. The van der Waals surface area contributed by atoms with Crippen molar-refractivity contribution in [1.29, 1.82) is 0 Å². The summed E-state index contributed by atoms with van der Waals surface area (Å²) >= 11 is 1.58. The SMILES string of the molecule is CCCc1sc(C(=O)NCc2nn[nH]n2)cc1CC. The van der Waals surface area contributed by atoms with E-state index >= 15 is 0 Å². The van der Waals surface area contributed by atoms with Crippen LogP contribution in [-0.4, -0.2) is 26.5 Å². The lowest BCUT2D eigenvalue weighted by Crippen LogP contribution is -2.22.